The van der Waals surface area contributed by atoms with E-state index in [0.29, 0.717) is 0 Å². The third-order valence-electron chi connectivity index (χ3n) is 2.58. The van der Waals surface area contributed by atoms with Crippen molar-refractivity contribution < 1.29 is 0 Å². The van der Waals surface area contributed by atoms with Crippen LogP contribution in [0.1, 0.15) is 40.0 Å². The SMILES string of the molecule is CCCN(CCC)CC/C(C)=C/[Si](C)(C)C. The summed E-state index contributed by atoms with van der Waals surface area (Å²) in [5.74, 6) is 0. The Hall–Kier alpha value is -0.0831. The van der Waals surface area contributed by atoms with Crippen LogP contribution < -0.4 is 0 Å². The Morgan fingerprint density at radius 1 is 1.00 bits per heavy atom. The van der Waals surface area contributed by atoms with Crippen molar-refractivity contribution in [2.24, 2.45) is 0 Å². The lowest BCUT2D eigenvalue weighted by Gasteiger charge is -2.21. The van der Waals surface area contributed by atoms with Gasteiger partial charge in [-0.3, -0.25) is 0 Å². The van der Waals surface area contributed by atoms with Gasteiger partial charge in [0.25, 0.3) is 0 Å². The maximum absolute atomic E-state index is 2.60. The maximum atomic E-state index is 2.60. The molecule has 0 aromatic carbocycles. The molecule has 0 radical (unpaired) electrons. The van der Waals surface area contributed by atoms with Gasteiger partial charge in [-0.1, -0.05) is 44.8 Å². The normalized spacial score (nSPS) is 13.6. The molecule has 0 saturated carbocycles. The Kier molecular flexibility index (Phi) is 8.03. The van der Waals surface area contributed by atoms with Crippen LogP contribution in [-0.4, -0.2) is 32.6 Å². The van der Waals surface area contributed by atoms with E-state index < -0.39 is 8.07 Å². The number of nitrogens with zero attached hydrogens (tertiary/aromatic N) is 1. The molecule has 0 unspecified atom stereocenters. The van der Waals surface area contributed by atoms with Gasteiger partial charge in [-0.15, -0.1) is 0 Å². The molecule has 96 valence electrons. The first-order chi connectivity index (χ1) is 7.39. The molecule has 0 aromatic heterocycles. The summed E-state index contributed by atoms with van der Waals surface area (Å²) >= 11 is 0. The van der Waals surface area contributed by atoms with E-state index in [4.69, 9.17) is 0 Å². The minimum atomic E-state index is -1.01. The second kappa shape index (κ2) is 8.07. The second-order valence-electron chi connectivity index (χ2n) is 5.95. The highest BCUT2D eigenvalue weighted by Crippen LogP contribution is 2.10. The zero-order chi connectivity index (χ0) is 12.6. The van der Waals surface area contributed by atoms with Gasteiger partial charge in [-0.2, -0.15) is 0 Å². The van der Waals surface area contributed by atoms with Crippen LogP contribution in [0.3, 0.4) is 0 Å². The minimum absolute atomic E-state index is 1.01. The molecular weight excluding hydrogens is 210 g/mol. The average molecular weight is 241 g/mol. The van der Waals surface area contributed by atoms with Gasteiger partial charge < -0.3 is 4.90 Å². The number of hydrogen-bond acceptors (Lipinski definition) is 1. The van der Waals surface area contributed by atoms with Crippen molar-refractivity contribution in [1.29, 1.82) is 0 Å². The Labute approximate surface area is 104 Å². The van der Waals surface area contributed by atoms with Gasteiger partial charge in [0.1, 0.15) is 0 Å². The van der Waals surface area contributed by atoms with E-state index in [1.54, 1.807) is 5.57 Å². The molecule has 0 fully saturated rings. The van der Waals surface area contributed by atoms with Crippen LogP contribution in [0.2, 0.25) is 19.6 Å². The lowest BCUT2D eigenvalue weighted by atomic mass is 10.2. The van der Waals surface area contributed by atoms with E-state index in [2.05, 4.69) is 51.0 Å². The van der Waals surface area contributed by atoms with E-state index in [1.807, 2.05) is 0 Å². The van der Waals surface area contributed by atoms with Crippen molar-refractivity contribution in [2.45, 2.75) is 59.7 Å². The van der Waals surface area contributed by atoms with E-state index in [9.17, 15) is 0 Å². The molecular formula is C14H31NSi. The average Bonchev–Trinajstić information content (AvgIpc) is 2.12. The first-order valence-electron chi connectivity index (χ1n) is 6.79. The molecule has 16 heavy (non-hydrogen) atoms. The van der Waals surface area contributed by atoms with Gasteiger partial charge >= 0.3 is 0 Å². The van der Waals surface area contributed by atoms with Crippen LogP contribution in [0, 0.1) is 0 Å². The Balaban J connectivity index is 4.04. The summed E-state index contributed by atoms with van der Waals surface area (Å²) in [5, 5.41) is 0. The molecule has 0 atom stereocenters. The first-order valence-corrected chi connectivity index (χ1v) is 10.4. The predicted molar refractivity (Wildman–Crippen MR) is 78.7 cm³/mol. The predicted octanol–water partition coefficient (Wildman–Crippen LogP) is 4.32. The molecule has 0 aromatic rings. The Morgan fingerprint density at radius 3 is 1.88 bits per heavy atom. The highest BCUT2D eigenvalue weighted by Gasteiger charge is 2.09. The summed E-state index contributed by atoms with van der Waals surface area (Å²) in [5.41, 5.74) is 4.14. The molecule has 0 aliphatic rings. The molecule has 0 bridgehead atoms. The monoisotopic (exact) mass is 241 g/mol. The van der Waals surface area contributed by atoms with Crippen molar-refractivity contribution in [1.82, 2.24) is 4.90 Å². The first kappa shape index (κ1) is 15.9. The fourth-order valence-corrected chi connectivity index (χ4v) is 3.74. The smallest absolute Gasteiger partial charge is 0.0686 e. The fraction of sp³-hybridized carbons (Fsp3) is 0.857. The number of hydrogen-bond donors (Lipinski definition) is 0. The van der Waals surface area contributed by atoms with Gasteiger partial charge in [0.05, 0.1) is 8.07 Å². The lowest BCUT2D eigenvalue weighted by molar-refractivity contribution is 0.278. The zero-order valence-electron chi connectivity index (χ0n) is 12.3. The summed E-state index contributed by atoms with van der Waals surface area (Å²) < 4.78 is 0. The second-order valence-corrected chi connectivity index (χ2v) is 11.0. The van der Waals surface area contributed by atoms with Gasteiger partial charge in [0.2, 0.25) is 0 Å². The van der Waals surface area contributed by atoms with Crippen molar-refractivity contribution >= 4 is 8.07 Å². The highest BCUT2D eigenvalue weighted by molar-refractivity contribution is 6.81. The Bertz CT molecular complexity index is 197. The fourth-order valence-electron chi connectivity index (χ4n) is 2.11. The quantitative estimate of drug-likeness (QED) is 0.572. The lowest BCUT2D eigenvalue weighted by Crippen LogP contribution is -2.27. The largest absolute Gasteiger partial charge is 0.303 e. The molecule has 0 amide bonds. The van der Waals surface area contributed by atoms with E-state index in [0.717, 1.165) is 0 Å². The standard InChI is InChI=1S/C14H31NSi/c1-7-10-15(11-8-2)12-9-14(3)13-16(4,5)6/h13H,7-12H2,1-6H3/b14-13+. The molecule has 0 spiro atoms. The van der Waals surface area contributed by atoms with Crippen molar-refractivity contribution in [3.63, 3.8) is 0 Å². The van der Waals surface area contributed by atoms with Crippen LogP contribution in [0.4, 0.5) is 0 Å². The third-order valence-corrected chi connectivity index (χ3v) is 3.94. The molecule has 0 rings (SSSR count). The number of rotatable bonds is 8. The Morgan fingerprint density at radius 2 is 1.50 bits per heavy atom. The maximum Gasteiger partial charge on any atom is 0.0686 e. The summed E-state index contributed by atoms with van der Waals surface area (Å²) in [6.07, 6.45) is 3.80. The topological polar surface area (TPSA) is 3.24 Å². The van der Waals surface area contributed by atoms with Gasteiger partial charge in [-0.25, -0.2) is 0 Å². The molecule has 0 aliphatic carbocycles. The van der Waals surface area contributed by atoms with Gasteiger partial charge in [-0.05, 0) is 39.3 Å². The van der Waals surface area contributed by atoms with Gasteiger partial charge in [0.15, 0.2) is 0 Å². The molecule has 1 nitrogen and oxygen atoms in total. The van der Waals surface area contributed by atoms with Gasteiger partial charge in [0, 0.05) is 6.54 Å². The highest BCUT2D eigenvalue weighted by atomic mass is 28.3. The molecule has 0 saturated heterocycles. The van der Waals surface area contributed by atoms with Crippen LogP contribution in [0.15, 0.2) is 11.3 Å². The summed E-state index contributed by atoms with van der Waals surface area (Å²) in [6.45, 7) is 17.8. The van der Waals surface area contributed by atoms with Crippen molar-refractivity contribution in [2.75, 3.05) is 19.6 Å². The van der Waals surface area contributed by atoms with E-state index in [1.165, 1.54) is 38.9 Å². The van der Waals surface area contributed by atoms with Crippen LogP contribution in [0.25, 0.3) is 0 Å². The summed E-state index contributed by atoms with van der Waals surface area (Å²) in [4.78, 5) is 2.60. The van der Waals surface area contributed by atoms with Crippen LogP contribution in [-0.2, 0) is 0 Å². The zero-order valence-corrected chi connectivity index (χ0v) is 13.3. The molecule has 0 heterocycles. The third kappa shape index (κ3) is 9.17. The minimum Gasteiger partial charge on any atom is -0.303 e. The van der Waals surface area contributed by atoms with E-state index in [-0.39, 0.29) is 0 Å². The van der Waals surface area contributed by atoms with Crippen LogP contribution >= 0.6 is 0 Å². The van der Waals surface area contributed by atoms with Crippen molar-refractivity contribution in [3.8, 4) is 0 Å². The molecule has 2 heteroatoms. The van der Waals surface area contributed by atoms with Crippen molar-refractivity contribution in [3.05, 3.63) is 11.3 Å². The summed E-state index contributed by atoms with van der Waals surface area (Å²) in [7, 11) is -1.01. The van der Waals surface area contributed by atoms with E-state index >= 15 is 0 Å². The molecule has 0 N–H and O–H groups in total. The summed E-state index contributed by atoms with van der Waals surface area (Å²) in [6, 6.07) is 0. The van der Waals surface area contributed by atoms with Crippen LogP contribution in [0.5, 0.6) is 0 Å². The molecule has 0 aliphatic heterocycles.